The topological polar surface area (TPSA) is 32.3 Å². The van der Waals surface area contributed by atoms with Gasteiger partial charge in [-0.2, -0.15) is 0 Å². The van der Waals surface area contributed by atoms with Gasteiger partial charge in [0.2, 0.25) is 5.91 Å². The molecule has 0 saturated carbocycles. The molecule has 0 radical (unpaired) electrons. The molecule has 2 heterocycles. The number of benzene rings is 2. The molecule has 2 aromatic rings. The summed E-state index contributed by atoms with van der Waals surface area (Å²) in [6, 6.07) is 13.5. The summed E-state index contributed by atoms with van der Waals surface area (Å²) in [6.45, 7) is 1.85. The summed E-state index contributed by atoms with van der Waals surface area (Å²) in [4.78, 5) is 15.6. The minimum atomic E-state index is -0.689. The monoisotopic (exact) mass is 374 g/mol. The third-order valence-electron chi connectivity index (χ3n) is 5.30. The zero-order chi connectivity index (χ0) is 17.4. The number of hydrogen-bond donors (Lipinski definition) is 1. The number of halogens is 2. The van der Waals surface area contributed by atoms with Crippen LogP contribution in [0.1, 0.15) is 30.4 Å². The van der Waals surface area contributed by atoms with Crippen molar-refractivity contribution in [3.8, 4) is 0 Å². The molecule has 0 aliphatic carbocycles. The van der Waals surface area contributed by atoms with E-state index < -0.39 is 5.54 Å². The molecule has 1 fully saturated rings. The van der Waals surface area contributed by atoms with Crippen molar-refractivity contribution in [3.05, 3.63) is 63.6 Å². The van der Waals surface area contributed by atoms with Crippen LogP contribution in [0.3, 0.4) is 0 Å². The second-order valence-electron chi connectivity index (χ2n) is 6.86. The molecule has 4 rings (SSSR count). The Labute approximate surface area is 157 Å². The third kappa shape index (κ3) is 2.95. The summed E-state index contributed by atoms with van der Waals surface area (Å²) >= 11 is 12.3. The maximum atomic E-state index is 13.2. The maximum absolute atomic E-state index is 13.2. The highest BCUT2D eigenvalue weighted by atomic mass is 35.5. The van der Waals surface area contributed by atoms with Gasteiger partial charge < -0.3 is 5.32 Å². The Balaban J connectivity index is 1.83. The quantitative estimate of drug-likeness (QED) is 0.830. The molecule has 0 spiro atoms. The molecule has 2 aliphatic rings. The molecule has 1 N–H and O–H groups in total. The van der Waals surface area contributed by atoms with Crippen molar-refractivity contribution in [2.75, 3.05) is 18.4 Å². The number of fused-ring (bicyclic) bond motifs is 1. The molecule has 1 unspecified atom stereocenters. The summed E-state index contributed by atoms with van der Waals surface area (Å²) in [6.07, 6.45) is 4.06. The van der Waals surface area contributed by atoms with Crippen molar-refractivity contribution in [3.63, 3.8) is 0 Å². The summed E-state index contributed by atoms with van der Waals surface area (Å²) in [5.74, 6) is 0.0339. The van der Waals surface area contributed by atoms with Crippen LogP contribution < -0.4 is 5.32 Å². The highest BCUT2D eigenvalue weighted by molar-refractivity contribution is 6.31. The van der Waals surface area contributed by atoms with Gasteiger partial charge in [-0.25, -0.2) is 0 Å². The van der Waals surface area contributed by atoms with Crippen LogP contribution in [0, 0.1) is 0 Å². The lowest BCUT2D eigenvalue weighted by Crippen LogP contribution is -2.54. The number of piperidine rings is 1. The number of likely N-dealkylation sites (tertiary alicyclic amines) is 1. The van der Waals surface area contributed by atoms with E-state index in [1.807, 2.05) is 42.5 Å². The van der Waals surface area contributed by atoms with Gasteiger partial charge in [-0.1, -0.05) is 47.8 Å². The number of nitrogens with zero attached hydrogens (tertiary/aromatic N) is 1. The van der Waals surface area contributed by atoms with Gasteiger partial charge in [0.1, 0.15) is 5.54 Å². The number of amides is 1. The van der Waals surface area contributed by atoms with Crippen LogP contribution >= 0.6 is 23.2 Å². The van der Waals surface area contributed by atoms with Crippen LogP contribution in [0.15, 0.2) is 42.5 Å². The molecule has 3 nitrogen and oxygen atoms in total. The molecule has 2 aromatic carbocycles. The van der Waals surface area contributed by atoms with E-state index in [2.05, 4.69) is 10.2 Å². The Morgan fingerprint density at radius 3 is 2.52 bits per heavy atom. The lowest BCUT2D eigenvalue weighted by molar-refractivity contribution is -0.128. The minimum absolute atomic E-state index is 0.0339. The summed E-state index contributed by atoms with van der Waals surface area (Å²) in [5, 5.41) is 4.39. The Bertz CT molecular complexity index is 817. The molecule has 0 bridgehead atoms. The van der Waals surface area contributed by atoms with Gasteiger partial charge in [-0.05, 0) is 55.8 Å². The standard InChI is InChI=1S/C20H20Cl2N2O/c21-15-6-4-5-14(11-15)13-20(24-9-2-1-3-10-24)17-8-7-16(22)12-18(17)23-19(20)25/h4-8,11-12H,1-3,9-10,13H2,(H,23,25). The van der Waals surface area contributed by atoms with Crippen molar-refractivity contribution in [2.24, 2.45) is 0 Å². The van der Waals surface area contributed by atoms with Crippen molar-refractivity contribution in [2.45, 2.75) is 31.2 Å². The summed E-state index contributed by atoms with van der Waals surface area (Å²) in [5.41, 5.74) is 2.22. The van der Waals surface area contributed by atoms with Gasteiger partial charge in [-0.3, -0.25) is 9.69 Å². The average molecular weight is 375 g/mol. The molecular formula is C20H20Cl2N2O. The predicted molar refractivity (Wildman–Crippen MR) is 102 cm³/mol. The summed E-state index contributed by atoms with van der Waals surface area (Å²) < 4.78 is 0. The highest BCUT2D eigenvalue weighted by Crippen LogP contribution is 2.45. The first-order chi connectivity index (χ1) is 12.1. The molecule has 5 heteroatoms. The molecule has 1 saturated heterocycles. The lowest BCUT2D eigenvalue weighted by atomic mass is 9.82. The van der Waals surface area contributed by atoms with E-state index in [0.29, 0.717) is 16.5 Å². The Kier molecular flexibility index (Phi) is 4.48. The van der Waals surface area contributed by atoms with Crippen LogP contribution in [-0.4, -0.2) is 23.9 Å². The number of rotatable bonds is 3. The van der Waals surface area contributed by atoms with E-state index in [1.54, 1.807) is 0 Å². The molecule has 1 amide bonds. The van der Waals surface area contributed by atoms with Crippen molar-refractivity contribution in [1.82, 2.24) is 4.90 Å². The van der Waals surface area contributed by atoms with Gasteiger partial charge >= 0.3 is 0 Å². The maximum Gasteiger partial charge on any atom is 0.249 e. The molecule has 0 aromatic heterocycles. The van der Waals surface area contributed by atoms with Gasteiger partial charge in [0, 0.05) is 27.7 Å². The number of carbonyl (C=O) groups excluding carboxylic acids is 1. The van der Waals surface area contributed by atoms with Gasteiger partial charge in [0.15, 0.2) is 0 Å². The second kappa shape index (κ2) is 6.64. The molecular weight excluding hydrogens is 355 g/mol. The van der Waals surface area contributed by atoms with Crippen LogP contribution in [0.2, 0.25) is 10.0 Å². The Morgan fingerprint density at radius 1 is 1.00 bits per heavy atom. The smallest absolute Gasteiger partial charge is 0.249 e. The number of carbonyl (C=O) groups is 1. The second-order valence-corrected chi connectivity index (χ2v) is 7.73. The molecule has 1 atom stereocenters. The molecule has 2 aliphatic heterocycles. The SMILES string of the molecule is O=C1Nc2cc(Cl)ccc2C1(Cc1cccc(Cl)c1)N1CCCCC1. The number of hydrogen-bond acceptors (Lipinski definition) is 2. The van der Waals surface area contributed by atoms with Crippen LogP contribution in [0.4, 0.5) is 5.69 Å². The lowest BCUT2D eigenvalue weighted by Gasteiger charge is -2.42. The average Bonchev–Trinajstić information content (AvgIpc) is 2.87. The Hall–Kier alpha value is -1.55. The zero-order valence-corrected chi connectivity index (χ0v) is 15.4. The number of nitrogens with one attached hydrogen (secondary N) is 1. The van der Waals surface area contributed by atoms with Gasteiger partial charge in [0.05, 0.1) is 0 Å². The van der Waals surface area contributed by atoms with Crippen molar-refractivity contribution in [1.29, 1.82) is 0 Å². The van der Waals surface area contributed by atoms with Gasteiger partial charge in [-0.15, -0.1) is 0 Å². The number of anilines is 1. The van der Waals surface area contributed by atoms with Crippen LogP contribution in [0.5, 0.6) is 0 Å². The molecule has 25 heavy (non-hydrogen) atoms. The van der Waals surface area contributed by atoms with Crippen molar-refractivity contribution < 1.29 is 4.79 Å². The first kappa shape index (κ1) is 16.9. The first-order valence-corrected chi connectivity index (χ1v) is 9.46. The molecule has 130 valence electrons. The van der Waals surface area contributed by atoms with E-state index in [9.17, 15) is 4.79 Å². The van der Waals surface area contributed by atoms with E-state index in [0.717, 1.165) is 42.7 Å². The van der Waals surface area contributed by atoms with E-state index in [4.69, 9.17) is 23.2 Å². The highest BCUT2D eigenvalue weighted by Gasteiger charge is 2.51. The van der Waals surface area contributed by atoms with Crippen LogP contribution in [0.25, 0.3) is 0 Å². The largest absolute Gasteiger partial charge is 0.324 e. The summed E-state index contributed by atoms with van der Waals surface area (Å²) in [7, 11) is 0. The zero-order valence-electron chi connectivity index (χ0n) is 13.9. The van der Waals surface area contributed by atoms with E-state index in [1.165, 1.54) is 6.42 Å². The van der Waals surface area contributed by atoms with Crippen LogP contribution in [-0.2, 0) is 16.8 Å². The minimum Gasteiger partial charge on any atom is -0.324 e. The fourth-order valence-corrected chi connectivity index (χ4v) is 4.53. The fraction of sp³-hybridized carbons (Fsp3) is 0.350. The van der Waals surface area contributed by atoms with Gasteiger partial charge in [0.25, 0.3) is 0 Å². The van der Waals surface area contributed by atoms with Crippen molar-refractivity contribution >= 4 is 34.8 Å². The Morgan fingerprint density at radius 2 is 1.76 bits per heavy atom. The van der Waals surface area contributed by atoms with E-state index in [-0.39, 0.29) is 5.91 Å². The third-order valence-corrected chi connectivity index (χ3v) is 5.77. The normalized spacial score (nSPS) is 23.4. The van der Waals surface area contributed by atoms with E-state index >= 15 is 0 Å². The fourth-order valence-electron chi connectivity index (χ4n) is 4.15. The first-order valence-electron chi connectivity index (χ1n) is 8.70. The predicted octanol–water partition coefficient (Wildman–Crippen LogP) is 4.87.